The highest BCUT2D eigenvalue weighted by Crippen LogP contribution is 2.19. The van der Waals surface area contributed by atoms with Crippen LogP contribution in [0.25, 0.3) is 0 Å². The van der Waals surface area contributed by atoms with Gasteiger partial charge in [0, 0.05) is 6.54 Å². The molecule has 0 fully saturated rings. The predicted molar refractivity (Wildman–Crippen MR) is 78.1 cm³/mol. The third-order valence-electron chi connectivity index (χ3n) is 2.93. The highest BCUT2D eigenvalue weighted by atomic mass is 16.5. The van der Waals surface area contributed by atoms with E-state index < -0.39 is 6.04 Å². The standard InChI is InChI=1S/C16H23NO2/c1-5-11-17-15(16(18)19-6-2)14-9-7-13(8-10-14)12(3)4/h5,7-10,12,15,17H,1,6,11H2,2-4H3. The molecular weight excluding hydrogens is 238 g/mol. The SMILES string of the molecule is C=CCNC(C(=O)OCC)c1ccc(C(C)C)cc1. The lowest BCUT2D eigenvalue weighted by Gasteiger charge is -2.17. The zero-order chi connectivity index (χ0) is 14.3. The summed E-state index contributed by atoms with van der Waals surface area (Å²) in [6.07, 6.45) is 1.73. The Morgan fingerprint density at radius 2 is 1.89 bits per heavy atom. The Kier molecular flexibility index (Phi) is 6.30. The van der Waals surface area contributed by atoms with E-state index in [0.29, 0.717) is 19.1 Å². The Labute approximate surface area is 115 Å². The van der Waals surface area contributed by atoms with E-state index in [1.807, 2.05) is 19.1 Å². The van der Waals surface area contributed by atoms with Gasteiger partial charge in [-0.2, -0.15) is 0 Å². The van der Waals surface area contributed by atoms with Gasteiger partial charge in [-0.3, -0.25) is 5.32 Å². The average molecular weight is 261 g/mol. The fourth-order valence-electron chi connectivity index (χ4n) is 1.84. The minimum Gasteiger partial charge on any atom is -0.465 e. The number of rotatable bonds is 7. The number of carbonyl (C=O) groups is 1. The first-order valence-corrected chi connectivity index (χ1v) is 6.70. The van der Waals surface area contributed by atoms with Crippen molar-refractivity contribution in [1.29, 1.82) is 0 Å². The molecule has 104 valence electrons. The third-order valence-corrected chi connectivity index (χ3v) is 2.93. The van der Waals surface area contributed by atoms with Gasteiger partial charge in [-0.05, 0) is 24.0 Å². The molecule has 1 N–H and O–H groups in total. The quantitative estimate of drug-likeness (QED) is 0.605. The minimum atomic E-state index is -0.431. The maximum absolute atomic E-state index is 11.9. The number of carbonyl (C=O) groups excluding carboxylic acids is 1. The number of ether oxygens (including phenoxy) is 1. The summed E-state index contributed by atoms with van der Waals surface area (Å²) >= 11 is 0. The molecule has 0 spiro atoms. The van der Waals surface area contributed by atoms with Crippen LogP contribution in [0, 0.1) is 0 Å². The number of esters is 1. The molecule has 3 heteroatoms. The molecular formula is C16H23NO2. The van der Waals surface area contributed by atoms with Crippen molar-refractivity contribution in [2.45, 2.75) is 32.7 Å². The number of hydrogen-bond acceptors (Lipinski definition) is 3. The lowest BCUT2D eigenvalue weighted by Crippen LogP contribution is -2.30. The van der Waals surface area contributed by atoms with Gasteiger partial charge in [-0.15, -0.1) is 6.58 Å². The first kappa shape index (κ1) is 15.4. The maximum atomic E-state index is 11.9. The Hall–Kier alpha value is -1.61. The van der Waals surface area contributed by atoms with E-state index in [1.165, 1.54) is 5.56 Å². The normalized spacial score (nSPS) is 12.2. The van der Waals surface area contributed by atoms with E-state index in [0.717, 1.165) is 5.56 Å². The van der Waals surface area contributed by atoms with Gasteiger partial charge in [0.1, 0.15) is 6.04 Å². The number of benzene rings is 1. The van der Waals surface area contributed by atoms with Crippen LogP contribution in [0.4, 0.5) is 0 Å². The van der Waals surface area contributed by atoms with Crippen LogP contribution in [-0.2, 0) is 9.53 Å². The summed E-state index contributed by atoms with van der Waals surface area (Å²) in [4.78, 5) is 11.9. The molecule has 0 saturated carbocycles. The zero-order valence-corrected chi connectivity index (χ0v) is 12.0. The molecule has 0 radical (unpaired) electrons. The second kappa shape index (κ2) is 7.74. The molecule has 1 rings (SSSR count). The van der Waals surface area contributed by atoms with E-state index in [2.05, 4.69) is 37.9 Å². The van der Waals surface area contributed by atoms with Crippen molar-refractivity contribution in [3.63, 3.8) is 0 Å². The van der Waals surface area contributed by atoms with Crippen molar-refractivity contribution in [1.82, 2.24) is 5.32 Å². The van der Waals surface area contributed by atoms with Crippen molar-refractivity contribution < 1.29 is 9.53 Å². The van der Waals surface area contributed by atoms with E-state index in [-0.39, 0.29) is 5.97 Å². The molecule has 0 aliphatic heterocycles. The molecule has 1 aromatic carbocycles. The van der Waals surface area contributed by atoms with Crippen LogP contribution >= 0.6 is 0 Å². The summed E-state index contributed by atoms with van der Waals surface area (Å²) in [7, 11) is 0. The zero-order valence-electron chi connectivity index (χ0n) is 12.0. The third kappa shape index (κ3) is 4.52. The molecule has 0 aliphatic carbocycles. The Balaban J connectivity index is 2.89. The van der Waals surface area contributed by atoms with Gasteiger partial charge in [-0.1, -0.05) is 44.2 Å². The second-order valence-corrected chi connectivity index (χ2v) is 4.70. The molecule has 0 aliphatic rings. The minimum absolute atomic E-state index is 0.248. The Morgan fingerprint density at radius 1 is 1.32 bits per heavy atom. The highest BCUT2D eigenvalue weighted by molar-refractivity contribution is 5.77. The summed E-state index contributed by atoms with van der Waals surface area (Å²) in [6, 6.07) is 7.64. The van der Waals surface area contributed by atoms with E-state index in [9.17, 15) is 4.79 Å². The van der Waals surface area contributed by atoms with Crippen LogP contribution < -0.4 is 5.32 Å². The highest BCUT2D eigenvalue weighted by Gasteiger charge is 2.20. The summed E-state index contributed by atoms with van der Waals surface area (Å²) < 4.78 is 5.10. The topological polar surface area (TPSA) is 38.3 Å². The van der Waals surface area contributed by atoms with Crippen molar-refractivity contribution in [2.75, 3.05) is 13.2 Å². The van der Waals surface area contributed by atoms with Crippen LogP contribution in [0.2, 0.25) is 0 Å². The first-order chi connectivity index (χ1) is 9.10. The summed E-state index contributed by atoms with van der Waals surface area (Å²) in [5.41, 5.74) is 2.18. The van der Waals surface area contributed by atoms with E-state index in [4.69, 9.17) is 4.74 Å². The summed E-state index contributed by atoms with van der Waals surface area (Å²) in [5, 5.41) is 3.13. The maximum Gasteiger partial charge on any atom is 0.327 e. The Morgan fingerprint density at radius 3 is 2.37 bits per heavy atom. The van der Waals surface area contributed by atoms with Gasteiger partial charge < -0.3 is 4.74 Å². The lowest BCUT2D eigenvalue weighted by atomic mass is 9.99. The fraction of sp³-hybridized carbons (Fsp3) is 0.438. The van der Waals surface area contributed by atoms with Gasteiger partial charge in [0.05, 0.1) is 6.61 Å². The largest absolute Gasteiger partial charge is 0.465 e. The van der Waals surface area contributed by atoms with Crippen LogP contribution in [0.3, 0.4) is 0 Å². The summed E-state index contributed by atoms with van der Waals surface area (Å²) in [5.74, 6) is 0.234. The number of nitrogens with one attached hydrogen (secondary N) is 1. The van der Waals surface area contributed by atoms with Crippen molar-refractivity contribution in [2.24, 2.45) is 0 Å². The number of hydrogen-bond donors (Lipinski definition) is 1. The second-order valence-electron chi connectivity index (χ2n) is 4.70. The predicted octanol–water partition coefficient (Wildman–Crippen LogP) is 3.19. The van der Waals surface area contributed by atoms with Gasteiger partial charge in [0.15, 0.2) is 0 Å². The molecule has 3 nitrogen and oxygen atoms in total. The van der Waals surface area contributed by atoms with Crippen molar-refractivity contribution in [3.05, 3.63) is 48.0 Å². The fourth-order valence-corrected chi connectivity index (χ4v) is 1.84. The molecule has 0 aromatic heterocycles. The van der Waals surface area contributed by atoms with Gasteiger partial charge >= 0.3 is 5.97 Å². The van der Waals surface area contributed by atoms with E-state index in [1.54, 1.807) is 6.08 Å². The molecule has 0 bridgehead atoms. The van der Waals surface area contributed by atoms with Crippen LogP contribution in [0.1, 0.15) is 43.9 Å². The van der Waals surface area contributed by atoms with Crippen LogP contribution in [0.15, 0.2) is 36.9 Å². The molecule has 1 atom stereocenters. The Bertz CT molecular complexity index is 409. The van der Waals surface area contributed by atoms with Gasteiger partial charge in [0.2, 0.25) is 0 Å². The molecule has 19 heavy (non-hydrogen) atoms. The molecule has 0 saturated heterocycles. The molecule has 0 amide bonds. The lowest BCUT2D eigenvalue weighted by molar-refractivity contribution is -0.145. The van der Waals surface area contributed by atoms with Gasteiger partial charge in [-0.25, -0.2) is 4.79 Å². The first-order valence-electron chi connectivity index (χ1n) is 6.70. The van der Waals surface area contributed by atoms with Crippen molar-refractivity contribution >= 4 is 5.97 Å². The van der Waals surface area contributed by atoms with Crippen LogP contribution in [-0.4, -0.2) is 19.1 Å². The summed E-state index contributed by atoms with van der Waals surface area (Å²) in [6.45, 7) is 10.7. The van der Waals surface area contributed by atoms with Crippen molar-refractivity contribution in [3.8, 4) is 0 Å². The van der Waals surface area contributed by atoms with Crippen LogP contribution in [0.5, 0.6) is 0 Å². The van der Waals surface area contributed by atoms with Gasteiger partial charge in [0.25, 0.3) is 0 Å². The molecule has 1 unspecified atom stereocenters. The van der Waals surface area contributed by atoms with E-state index >= 15 is 0 Å². The molecule has 1 aromatic rings. The monoisotopic (exact) mass is 261 g/mol. The molecule has 0 heterocycles. The average Bonchev–Trinajstić information content (AvgIpc) is 2.40. The smallest absolute Gasteiger partial charge is 0.327 e.